The van der Waals surface area contributed by atoms with Gasteiger partial charge in [0.05, 0.1) is 19.0 Å². The van der Waals surface area contributed by atoms with Gasteiger partial charge in [0, 0.05) is 5.02 Å². The van der Waals surface area contributed by atoms with Crippen molar-refractivity contribution >= 4 is 22.6 Å². The summed E-state index contributed by atoms with van der Waals surface area (Å²) < 4.78 is 13.1. The van der Waals surface area contributed by atoms with Crippen molar-refractivity contribution in [1.29, 1.82) is 0 Å². The van der Waals surface area contributed by atoms with Crippen LogP contribution in [0.15, 0.2) is 48.9 Å². The third-order valence-corrected chi connectivity index (χ3v) is 4.66. The molecule has 136 valence electrons. The zero-order valence-corrected chi connectivity index (χ0v) is 15.9. The number of hydrogen-bond acceptors (Lipinski definition) is 5. The lowest BCUT2D eigenvalue weighted by atomic mass is 10.2. The first kappa shape index (κ1) is 17.3. The first-order valence-electron chi connectivity index (χ1n) is 8.34. The number of nitrogens with zero attached hydrogens (tertiary/aromatic N) is 4. The zero-order chi connectivity index (χ0) is 19.0. The van der Waals surface area contributed by atoms with Gasteiger partial charge in [0.25, 0.3) is 0 Å². The Bertz CT molecular complexity index is 1140. The summed E-state index contributed by atoms with van der Waals surface area (Å²) in [5.74, 6) is 1.63. The first-order chi connectivity index (χ1) is 13.1. The summed E-state index contributed by atoms with van der Waals surface area (Å²) in [6, 6.07) is 11.5. The van der Waals surface area contributed by atoms with Crippen molar-refractivity contribution in [3.05, 3.63) is 65.1 Å². The predicted octanol–water partition coefficient (Wildman–Crippen LogP) is 4.89. The number of hydrogen-bond donors (Lipinski definition) is 0. The molecule has 2 aromatic heterocycles. The maximum absolute atomic E-state index is 6.25. The highest BCUT2D eigenvalue weighted by atomic mass is 35.5. The standard InChI is InChI=1S/C20H17ClN4O2/c1-12-4-7-17(18(8-12)26-3)27-20-15-10-24-25(19(15)22-11-23-20)14-6-5-13(2)16(21)9-14/h4-11H,1-3H3. The monoisotopic (exact) mass is 380 g/mol. The van der Waals surface area contributed by atoms with Crippen LogP contribution in [0.2, 0.25) is 5.02 Å². The second-order valence-corrected chi connectivity index (χ2v) is 6.57. The van der Waals surface area contributed by atoms with E-state index in [2.05, 4.69) is 15.1 Å². The van der Waals surface area contributed by atoms with Crippen LogP contribution in [0.1, 0.15) is 11.1 Å². The molecule has 0 amide bonds. The molecule has 0 aliphatic carbocycles. The smallest absolute Gasteiger partial charge is 0.233 e. The van der Waals surface area contributed by atoms with E-state index >= 15 is 0 Å². The minimum absolute atomic E-state index is 0.409. The molecule has 0 atom stereocenters. The third-order valence-electron chi connectivity index (χ3n) is 4.25. The van der Waals surface area contributed by atoms with E-state index in [1.54, 1.807) is 18.0 Å². The van der Waals surface area contributed by atoms with E-state index in [9.17, 15) is 0 Å². The molecule has 0 aliphatic heterocycles. The molecule has 0 saturated carbocycles. The van der Waals surface area contributed by atoms with Crippen molar-refractivity contribution in [2.45, 2.75) is 13.8 Å². The van der Waals surface area contributed by atoms with Gasteiger partial charge in [-0.25, -0.2) is 14.6 Å². The Morgan fingerprint density at radius 1 is 1.00 bits per heavy atom. The third kappa shape index (κ3) is 3.19. The minimum Gasteiger partial charge on any atom is -0.493 e. The fraction of sp³-hybridized carbons (Fsp3) is 0.150. The maximum atomic E-state index is 6.25. The van der Waals surface area contributed by atoms with Crippen molar-refractivity contribution in [3.63, 3.8) is 0 Å². The van der Waals surface area contributed by atoms with Gasteiger partial charge in [-0.3, -0.25) is 0 Å². The summed E-state index contributed by atoms with van der Waals surface area (Å²) in [5, 5.41) is 5.80. The molecule has 0 fully saturated rings. The topological polar surface area (TPSA) is 62.1 Å². The Balaban J connectivity index is 1.78. The number of ether oxygens (including phenoxy) is 2. The quantitative estimate of drug-likeness (QED) is 0.504. The predicted molar refractivity (Wildman–Crippen MR) is 104 cm³/mol. The SMILES string of the molecule is COc1cc(C)ccc1Oc1ncnc2c1cnn2-c1ccc(C)c(Cl)c1. The van der Waals surface area contributed by atoms with Gasteiger partial charge >= 0.3 is 0 Å². The molecule has 7 heteroatoms. The van der Waals surface area contributed by atoms with E-state index in [-0.39, 0.29) is 0 Å². The fourth-order valence-corrected chi connectivity index (χ4v) is 2.94. The number of methoxy groups -OCH3 is 1. The number of halogens is 1. The number of aryl methyl sites for hydroxylation is 2. The van der Waals surface area contributed by atoms with Gasteiger partial charge in [0.15, 0.2) is 17.1 Å². The van der Waals surface area contributed by atoms with E-state index in [0.29, 0.717) is 33.4 Å². The molecule has 0 N–H and O–H groups in total. The van der Waals surface area contributed by atoms with Gasteiger partial charge < -0.3 is 9.47 Å². The van der Waals surface area contributed by atoms with Gasteiger partial charge in [0.1, 0.15) is 11.7 Å². The summed E-state index contributed by atoms with van der Waals surface area (Å²) in [7, 11) is 1.61. The van der Waals surface area contributed by atoms with Crippen LogP contribution in [0.25, 0.3) is 16.7 Å². The van der Waals surface area contributed by atoms with Crippen LogP contribution in [0.4, 0.5) is 0 Å². The summed E-state index contributed by atoms with van der Waals surface area (Å²) in [5.41, 5.74) is 3.53. The molecule has 0 radical (unpaired) electrons. The maximum Gasteiger partial charge on any atom is 0.233 e. The molecule has 4 rings (SSSR count). The second-order valence-electron chi connectivity index (χ2n) is 6.16. The van der Waals surface area contributed by atoms with Crippen LogP contribution in [-0.2, 0) is 0 Å². The Morgan fingerprint density at radius 2 is 1.85 bits per heavy atom. The van der Waals surface area contributed by atoms with E-state index in [4.69, 9.17) is 21.1 Å². The van der Waals surface area contributed by atoms with Gasteiger partial charge in [-0.1, -0.05) is 23.7 Å². The lowest BCUT2D eigenvalue weighted by Crippen LogP contribution is -1.99. The van der Waals surface area contributed by atoms with Gasteiger partial charge in [-0.2, -0.15) is 5.10 Å². The van der Waals surface area contributed by atoms with E-state index in [1.165, 1.54) is 6.33 Å². The number of fused-ring (bicyclic) bond motifs is 1. The van der Waals surface area contributed by atoms with Crippen LogP contribution < -0.4 is 9.47 Å². The Hall–Kier alpha value is -3.12. The largest absolute Gasteiger partial charge is 0.493 e. The Labute approximate surface area is 161 Å². The lowest BCUT2D eigenvalue weighted by Gasteiger charge is -2.10. The van der Waals surface area contributed by atoms with Crippen molar-refractivity contribution in [3.8, 4) is 23.1 Å². The zero-order valence-electron chi connectivity index (χ0n) is 15.1. The van der Waals surface area contributed by atoms with Crippen LogP contribution in [0.3, 0.4) is 0 Å². The normalized spacial score (nSPS) is 11.0. The van der Waals surface area contributed by atoms with Gasteiger partial charge in [0.2, 0.25) is 5.88 Å². The van der Waals surface area contributed by atoms with Crippen molar-refractivity contribution in [1.82, 2.24) is 19.7 Å². The molecule has 27 heavy (non-hydrogen) atoms. The lowest BCUT2D eigenvalue weighted by molar-refractivity contribution is 0.375. The average Bonchev–Trinajstić information content (AvgIpc) is 3.10. The molecule has 0 aliphatic rings. The minimum atomic E-state index is 0.409. The van der Waals surface area contributed by atoms with Crippen molar-refractivity contribution < 1.29 is 9.47 Å². The summed E-state index contributed by atoms with van der Waals surface area (Å²) in [6.45, 7) is 3.95. The fourth-order valence-electron chi connectivity index (χ4n) is 2.77. The summed E-state index contributed by atoms with van der Waals surface area (Å²) >= 11 is 6.25. The highest BCUT2D eigenvalue weighted by molar-refractivity contribution is 6.31. The van der Waals surface area contributed by atoms with Crippen molar-refractivity contribution in [2.75, 3.05) is 7.11 Å². The average molecular weight is 381 g/mol. The van der Waals surface area contributed by atoms with Crippen LogP contribution in [0, 0.1) is 13.8 Å². The molecule has 2 aromatic carbocycles. The Morgan fingerprint density at radius 3 is 2.63 bits per heavy atom. The summed E-state index contributed by atoms with van der Waals surface area (Å²) in [4.78, 5) is 8.63. The van der Waals surface area contributed by atoms with Gasteiger partial charge in [-0.15, -0.1) is 0 Å². The molecule has 0 saturated heterocycles. The molecule has 6 nitrogen and oxygen atoms in total. The second kappa shape index (κ2) is 6.89. The Kier molecular flexibility index (Phi) is 4.41. The molecule has 4 aromatic rings. The highest BCUT2D eigenvalue weighted by Crippen LogP contribution is 2.34. The molecule has 0 bridgehead atoms. The van der Waals surface area contributed by atoms with Gasteiger partial charge in [-0.05, 0) is 49.2 Å². The van der Waals surface area contributed by atoms with E-state index < -0.39 is 0 Å². The first-order valence-corrected chi connectivity index (χ1v) is 8.72. The molecule has 0 unspecified atom stereocenters. The van der Waals surface area contributed by atoms with E-state index in [0.717, 1.165) is 16.8 Å². The molecular weight excluding hydrogens is 364 g/mol. The van der Waals surface area contributed by atoms with Crippen LogP contribution in [0.5, 0.6) is 17.4 Å². The van der Waals surface area contributed by atoms with Crippen LogP contribution in [-0.4, -0.2) is 26.9 Å². The van der Waals surface area contributed by atoms with Crippen molar-refractivity contribution in [2.24, 2.45) is 0 Å². The molecular formula is C20H17ClN4O2. The summed E-state index contributed by atoms with van der Waals surface area (Å²) in [6.07, 6.45) is 3.13. The molecule has 2 heterocycles. The van der Waals surface area contributed by atoms with E-state index in [1.807, 2.05) is 50.2 Å². The number of aromatic nitrogens is 4. The number of rotatable bonds is 4. The highest BCUT2D eigenvalue weighted by Gasteiger charge is 2.15. The number of benzene rings is 2. The molecule has 0 spiro atoms. The van der Waals surface area contributed by atoms with Crippen LogP contribution >= 0.6 is 11.6 Å².